The first-order chi connectivity index (χ1) is 7.18. The van der Waals surface area contributed by atoms with E-state index in [2.05, 4.69) is 28.6 Å². The zero-order valence-electron chi connectivity index (χ0n) is 9.49. The summed E-state index contributed by atoms with van der Waals surface area (Å²) in [5.74, 6) is 1.78. The van der Waals surface area contributed by atoms with E-state index in [1.54, 1.807) is 0 Å². The number of aromatic nitrogens is 3. The highest BCUT2D eigenvalue weighted by atomic mass is 32.1. The lowest BCUT2D eigenvalue weighted by atomic mass is 10.1. The van der Waals surface area contributed by atoms with Crippen LogP contribution in [0.4, 0.5) is 0 Å². The van der Waals surface area contributed by atoms with Crippen LogP contribution in [0.25, 0.3) is 0 Å². The van der Waals surface area contributed by atoms with E-state index in [-0.39, 0.29) is 0 Å². The van der Waals surface area contributed by atoms with E-state index in [9.17, 15) is 0 Å². The van der Waals surface area contributed by atoms with Crippen molar-refractivity contribution < 1.29 is 0 Å². The second kappa shape index (κ2) is 4.47. The van der Waals surface area contributed by atoms with Crippen molar-refractivity contribution in [2.75, 3.05) is 0 Å². The van der Waals surface area contributed by atoms with E-state index >= 15 is 0 Å². The van der Waals surface area contributed by atoms with Gasteiger partial charge in [-0.25, -0.2) is 0 Å². The number of hydrogen-bond donors (Lipinski definition) is 1. The molecule has 15 heavy (non-hydrogen) atoms. The van der Waals surface area contributed by atoms with Crippen LogP contribution < -0.4 is 0 Å². The monoisotopic (exact) mass is 225 g/mol. The van der Waals surface area contributed by atoms with Gasteiger partial charge in [-0.3, -0.25) is 5.10 Å². The van der Waals surface area contributed by atoms with Gasteiger partial charge in [0, 0.05) is 12.5 Å². The van der Waals surface area contributed by atoms with Gasteiger partial charge in [-0.05, 0) is 31.0 Å². The molecule has 1 aliphatic rings. The van der Waals surface area contributed by atoms with Crippen LogP contribution in [0.1, 0.15) is 51.4 Å². The molecule has 1 fully saturated rings. The van der Waals surface area contributed by atoms with Gasteiger partial charge < -0.3 is 4.57 Å². The van der Waals surface area contributed by atoms with Crippen molar-refractivity contribution in [3.8, 4) is 0 Å². The summed E-state index contributed by atoms with van der Waals surface area (Å²) in [6, 6.07) is 0.602. The fraction of sp³-hybridized carbons (Fsp3) is 0.818. The van der Waals surface area contributed by atoms with E-state index in [0.717, 1.165) is 17.0 Å². The quantitative estimate of drug-likeness (QED) is 0.801. The molecule has 4 heteroatoms. The van der Waals surface area contributed by atoms with E-state index < -0.39 is 0 Å². The van der Waals surface area contributed by atoms with Crippen LogP contribution >= 0.6 is 12.2 Å². The lowest BCUT2D eigenvalue weighted by Gasteiger charge is -2.14. The van der Waals surface area contributed by atoms with Crippen molar-refractivity contribution >= 4 is 12.2 Å². The molecular formula is C11H19N3S. The van der Waals surface area contributed by atoms with Gasteiger partial charge in [0.1, 0.15) is 5.82 Å². The lowest BCUT2D eigenvalue weighted by molar-refractivity contribution is 0.474. The Kier molecular flexibility index (Phi) is 3.24. The molecule has 0 unspecified atom stereocenters. The molecule has 1 aromatic rings. The van der Waals surface area contributed by atoms with Crippen molar-refractivity contribution in [2.45, 2.75) is 52.0 Å². The zero-order chi connectivity index (χ0) is 10.8. The molecule has 2 rings (SSSR count). The topological polar surface area (TPSA) is 33.6 Å². The minimum absolute atomic E-state index is 0.602. The van der Waals surface area contributed by atoms with Crippen molar-refractivity contribution in [3.05, 3.63) is 10.6 Å². The molecule has 1 heterocycles. The van der Waals surface area contributed by atoms with Crippen LogP contribution in [-0.2, 0) is 6.42 Å². The molecule has 0 aliphatic heterocycles. The summed E-state index contributed by atoms with van der Waals surface area (Å²) in [5.41, 5.74) is 0. The van der Waals surface area contributed by atoms with Crippen molar-refractivity contribution in [3.63, 3.8) is 0 Å². The second-order valence-corrected chi connectivity index (χ2v) is 5.24. The van der Waals surface area contributed by atoms with Gasteiger partial charge in [0.15, 0.2) is 4.77 Å². The lowest BCUT2D eigenvalue weighted by Crippen LogP contribution is -2.11. The minimum Gasteiger partial charge on any atom is -0.301 e. The summed E-state index contributed by atoms with van der Waals surface area (Å²) in [4.78, 5) is 0. The van der Waals surface area contributed by atoms with Gasteiger partial charge in [0.05, 0.1) is 0 Å². The molecule has 0 atom stereocenters. The summed E-state index contributed by atoms with van der Waals surface area (Å²) < 4.78 is 3.06. The number of hydrogen-bond acceptors (Lipinski definition) is 2. The summed E-state index contributed by atoms with van der Waals surface area (Å²) in [5, 5.41) is 7.28. The maximum Gasteiger partial charge on any atom is 0.195 e. The molecular weight excluding hydrogens is 206 g/mol. The number of aromatic amines is 1. The third kappa shape index (κ3) is 2.30. The first kappa shape index (κ1) is 10.9. The predicted molar refractivity (Wildman–Crippen MR) is 63.5 cm³/mol. The largest absolute Gasteiger partial charge is 0.301 e. The SMILES string of the molecule is CC(C)Cc1n[nH]c(=S)n1C1CCCC1. The van der Waals surface area contributed by atoms with Gasteiger partial charge in [0.25, 0.3) is 0 Å². The van der Waals surface area contributed by atoms with E-state index in [1.807, 2.05) is 0 Å². The number of nitrogens with zero attached hydrogens (tertiary/aromatic N) is 2. The van der Waals surface area contributed by atoms with Crippen LogP contribution in [0.5, 0.6) is 0 Å². The third-order valence-electron chi connectivity index (χ3n) is 3.06. The number of H-pyrrole nitrogens is 1. The maximum absolute atomic E-state index is 5.31. The van der Waals surface area contributed by atoms with E-state index in [4.69, 9.17) is 12.2 Å². The molecule has 1 aliphatic carbocycles. The Labute approximate surface area is 95.9 Å². The summed E-state index contributed by atoms with van der Waals surface area (Å²) in [7, 11) is 0. The molecule has 0 amide bonds. The van der Waals surface area contributed by atoms with Gasteiger partial charge in [0.2, 0.25) is 0 Å². The molecule has 0 aromatic carbocycles. The molecule has 0 radical (unpaired) electrons. The first-order valence-electron chi connectivity index (χ1n) is 5.84. The van der Waals surface area contributed by atoms with Crippen LogP contribution in [0, 0.1) is 10.7 Å². The van der Waals surface area contributed by atoms with Gasteiger partial charge >= 0.3 is 0 Å². The average Bonchev–Trinajstić information content (AvgIpc) is 2.74. The zero-order valence-corrected chi connectivity index (χ0v) is 10.3. The highest BCUT2D eigenvalue weighted by molar-refractivity contribution is 7.71. The van der Waals surface area contributed by atoms with Gasteiger partial charge in [-0.1, -0.05) is 26.7 Å². The number of nitrogens with one attached hydrogen (secondary N) is 1. The van der Waals surface area contributed by atoms with Crippen LogP contribution in [0.15, 0.2) is 0 Å². The summed E-state index contributed by atoms with van der Waals surface area (Å²) >= 11 is 5.31. The van der Waals surface area contributed by atoms with Gasteiger partial charge in [-0.2, -0.15) is 5.10 Å². The average molecular weight is 225 g/mol. The van der Waals surface area contributed by atoms with Crippen molar-refractivity contribution in [1.29, 1.82) is 0 Å². The Bertz CT molecular complexity index is 371. The van der Waals surface area contributed by atoms with E-state index in [1.165, 1.54) is 25.7 Å². The number of rotatable bonds is 3. The molecule has 84 valence electrons. The highest BCUT2D eigenvalue weighted by Gasteiger charge is 2.21. The van der Waals surface area contributed by atoms with Gasteiger partial charge in [-0.15, -0.1) is 0 Å². The molecule has 1 aromatic heterocycles. The second-order valence-electron chi connectivity index (χ2n) is 4.85. The van der Waals surface area contributed by atoms with Crippen molar-refractivity contribution in [2.24, 2.45) is 5.92 Å². The smallest absolute Gasteiger partial charge is 0.195 e. The fourth-order valence-corrected chi connectivity index (χ4v) is 2.69. The minimum atomic E-state index is 0.602. The Morgan fingerprint density at radius 1 is 1.47 bits per heavy atom. The molecule has 0 saturated heterocycles. The molecule has 1 N–H and O–H groups in total. The summed E-state index contributed by atoms with van der Waals surface area (Å²) in [6.07, 6.45) is 6.21. The third-order valence-corrected chi connectivity index (χ3v) is 3.35. The normalized spacial score (nSPS) is 17.8. The highest BCUT2D eigenvalue weighted by Crippen LogP contribution is 2.30. The first-order valence-corrected chi connectivity index (χ1v) is 6.25. The Morgan fingerprint density at radius 3 is 2.73 bits per heavy atom. The van der Waals surface area contributed by atoms with Crippen LogP contribution in [0.2, 0.25) is 0 Å². The van der Waals surface area contributed by atoms with E-state index in [0.29, 0.717) is 12.0 Å². The van der Waals surface area contributed by atoms with Crippen LogP contribution in [0.3, 0.4) is 0 Å². The predicted octanol–water partition coefficient (Wildman–Crippen LogP) is 3.25. The summed E-state index contributed by atoms with van der Waals surface area (Å²) in [6.45, 7) is 4.44. The Balaban J connectivity index is 2.27. The molecule has 0 bridgehead atoms. The van der Waals surface area contributed by atoms with Crippen LogP contribution in [-0.4, -0.2) is 14.8 Å². The maximum atomic E-state index is 5.31. The van der Waals surface area contributed by atoms with Crippen molar-refractivity contribution in [1.82, 2.24) is 14.8 Å². The Morgan fingerprint density at radius 2 is 2.13 bits per heavy atom. The molecule has 0 spiro atoms. The molecule has 3 nitrogen and oxygen atoms in total. The fourth-order valence-electron chi connectivity index (χ4n) is 2.39. The Hall–Kier alpha value is -0.640. The standard InChI is InChI=1S/C11H19N3S/c1-8(2)7-10-12-13-11(15)14(10)9-5-3-4-6-9/h8-9H,3-7H2,1-2H3,(H,13,15). The molecule has 1 saturated carbocycles.